The Morgan fingerprint density at radius 3 is 2.84 bits per heavy atom. The topological polar surface area (TPSA) is 49.8 Å². The van der Waals surface area contributed by atoms with Crippen molar-refractivity contribution in [2.45, 2.75) is 25.4 Å². The number of nitrogens with zero attached hydrogens (tertiary/aromatic N) is 2. The Labute approximate surface area is 117 Å². The number of anilines is 2. The average molecular weight is 275 g/mol. The maximum Gasteiger partial charge on any atom is 0.224 e. The highest BCUT2D eigenvalue weighted by Crippen LogP contribution is 2.23. The molecule has 1 aromatic carbocycles. The molecule has 3 rings (SSSR count). The fourth-order valence-corrected chi connectivity index (χ4v) is 1.98. The van der Waals surface area contributed by atoms with E-state index in [0.29, 0.717) is 18.5 Å². The summed E-state index contributed by atoms with van der Waals surface area (Å²) >= 11 is 6.11. The van der Waals surface area contributed by atoms with E-state index in [1.807, 2.05) is 30.3 Å². The summed E-state index contributed by atoms with van der Waals surface area (Å²) in [6.07, 6.45) is 4.21. The van der Waals surface area contributed by atoms with Crippen LogP contribution in [0, 0.1) is 0 Å². The molecule has 0 aliphatic heterocycles. The van der Waals surface area contributed by atoms with Crippen LogP contribution in [0.5, 0.6) is 0 Å². The zero-order chi connectivity index (χ0) is 13.1. The van der Waals surface area contributed by atoms with Gasteiger partial charge in [0, 0.05) is 23.8 Å². The Morgan fingerprint density at radius 2 is 2.05 bits per heavy atom. The van der Waals surface area contributed by atoms with Crippen molar-refractivity contribution in [2.75, 3.05) is 10.6 Å². The molecule has 4 nitrogen and oxygen atoms in total. The van der Waals surface area contributed by atoms with Crippen LogP contribution >= 0.6 is 11.6 Å². The van der Waals surface area contributed by atoms with Crippen molar-refractivity contribution in [3.8, 4) is 0 Å². The lowest BCUT2D eigenvalue weighted by Gasteiger charge is -2.08. The minimum Gasteiger partial charge on any atom is -0.367 e. The first-order chi connectivity index (χ1) is 9.31. The first-order valence-corrected chi connectivity index (χ1v) is 6.76. The van der Waals surface area contributed by atoms with Gasteiger partial charge in [-0.1, -0.05) is 29.8 Å². The Hall–Kier alpha value is -1.81. The lowest BCUT2D eigenvalue weighted by molar-refractivity contribution is 1.03. The molecule has 0 amide bonds. The van der Waals surface area contributed by atoms with Gasteiger partial charge in [-0.05, 0) is 30.5 Å². The van der Waals surface area contributed by atoms with Gasteiger partial charge in [0.25, 0.3) is 0 Å². The van der Waals surface area contributed by atoms with Crippen LogP contribution in [0.1, 0.15) is 18.4 Å². The van der Waals surface area contributed by atoms with E-state index in [-0.39, 0.29) is 0 Å². The summed E-state index contributed by atoms with van der Waals surface area (Å²) in [5.41, 5.74) is 1.04. The van der Waals surface area contributed by atoms with Gasteiger partial charge < -0.3 is 10.6 Å². The molecular formula is C14H15ClN4. The van der Waals surface area contributed by atoms with Gasteiger partial charge in [-0.3, -0.25) is 0 Å². The highest BCUT2D eigenvalue weighted by Gasteiger charge is 2.21. The molecule has 2 aromatic rings. The Bertz CT molecular complexity index is 569. The summed E-state index contributed by atoms with van der Waals surface area (Å²) in [7, 11) is 0. The first kappa shape index (κ1) is 12.2. The molecule has 1 fully saturated rings. The van der Waals surface area contributed by atoms with E-state index in [0.717, 1.165) is 16.4 Å². The van der Waals surface area contributed by atoms with Crippen LogP contribution in [0.15, 0.2) is 36.5 Å². The minimum atomic E-state index is 0.589. The van der Waals surface area contributed by atoms with Crippen molar-refractivity contribution < 1.29 is 0 Å². The molecule has 0 unspecified atom stereocenters. The average Bonchev–Trinajstić information content (AvgIpc) is 3.22. The normalized spacial score (nSPS) is 14.2. The van der Waals surface area contributed by atoms with Crippen molar-refractivity contribution in [1.29, 1.82) is 0 Å². The van der Waals surface area contributed by atoms with Gasteiger partial charge in [-0.25, -0.2) is 4.98 Å². The zero-order valence-corrected chi connectivity index (χ0v) is 11.2. The highest BCUT2D eigenvalue weighted by molar-refractivity contribution is 6.31. The summed E-state index contributed by atoms with van der Waals surface area (Å²) in [6.45, 7) is 0.618. The molecule has 2 N–H and O–H groups in total. The Morgan fingerprint density at radius 1 is 1.21 bits per heavy atom. The largest absolute Gasteiger partial charge is 0.367 e. The third kappa shape index (κ3) is 3.35. The second kappa shape index (κ2) is 5.45. The zero-order valence-electron chi connectivity index (χ0n) is 10.4. The Balaban J connectivity index is 1.64. The van der Waals surface area contributed by atoms with E-state index < -0.39 is 0 Å². The number of rotatable bonds is 5. The van der Waals surface area contributed by atoms with Crippen LogP contribution in [-0.2, 0) is 6.54 Å². The number of nitrogens with one attached hydrogen (secondary N) is 2. The molecule has 0 saturated heterocycles. The molecule has 19 heavy (non-hydrogen) atoms. The molecule has 5 heteroatoms. The molecule has 1 aromatic heterocycles. The van der Waals surface area contributed by atoms with Gasteiger partial charge in [-0.2, -0.15) is 4.98 Å². The van der Waals surface area contributed by atoms with Crippen LogP contribution in [0.3, 0.4) is 0 Å². The maximum absolute atomic E-state index is 6.11. The minimum absolute atomic E-state index is 0.589. The number of aromatic nitrogens is 2. The van der Waals surface area contributed by atoms with E-state index >= 15 is 0 Å². The van der Waals surface area contributed by atoms with E-state index in [9.17, 15) is 0 Å². The molecule has 98 valence electrons. The molecule has 1 aliphatic rings. The van der Waals surface area contributed by atoms with Crippen LogP contribution in [-0.4, -0.2) is 16.0 Å². The van der Waals surface area contributed by atoms with Crippen LogP contribution in [0.2, 0.25) is 5.02 Å². The summed E-state index contributed by atoms with van der Waals surface area (Å²) in [5, 5.41) is 7.29. The molecule has 0 radical (unpaired) electrons. The van der Waals surface area contributed by atoms with E-state index in [1.165, 1.54) is 12.8 Å². The quantitative estimate of drug-likeness (QED) is 0.878. The molecule has 1 aliphatic carbocycles. The lowest BCUT2D eigenvalue weighted by atomic mass is 10.2. The van der Waals surface area contributed by atoms with Crippen molar-refractivity contribution >= 4 is 23.4 Å². The lowest BCUT2D eigenvalue weighted by Crippen LogP contribution is -2.07. The van der Waals surface area contributed by atoms with Crippen molar-refractivity contribution in [3.05, 3.63) is 47.1 Å². The number of hydrogen-bond donors (Lipinski definition) is 2. The van der Waals surface area contributed by atoms with Crippen LogP contribution in [0.4, 0.5) is 11.8 Å². The fraction of sp³-hybridized carbons (Fsp3) is 0.286. The molecule has 0 atom stereocenters. The SMILES string of the molecule is Clc1ccccc1CNc1nccc(NC2CC2)n1. The standard InChI is InChI=1S/C14H15ClN4/c15-12-4-2-1-3-10(12)9-17-14-16-8-7-13(19-14)18-11-5-6-11/h1-4,7-8,11H,5-6,9H2,(H2,16,17,18,19). The monoisotopic (exact) mass is 274 g/mol. The van der Waals surface area contributed by atoms with Crippen molar-refractivity contribution in [3.63, 3.8) is 0 Å². The maximum atomic E-state index is 6.11. The van der Waals surface area contributed by atoms with Gasteiger partial charge >= 0.3 is 0 Å². The second-order valence-corrected chi connectivity index (χ2v) is 5.04. The smallest absolute Gasteiger partial charge is 0.224 e. The van der Waals surface area contributed by atoms with Crippen molar-refractivity contribution in [1.82, 2.24) is 9.97 Å². The van der Waals surface area contributed by atoms with E-state index in [1.54, 1.807) is 6.20 Å². The van der Waals surface area contributed by atoms with Gasteiger partial charge in [0.05, 0.1) is 0 Å². The summed E-state index contributed by atoms with van der Waals surface area (Å²) in [6, 6.07) is 10.2. The predicted molar refractivity (Wildman–Crippen MR) is 77.5 cm³/mol. The number of benzene rings is 1. The highest BCUT2D eigenvalue weighted by atomic mass is 35.5. The first-order valence-electron chi connectivity index (χ1n) is 6.38. The fourth-order valence-electron chi connectivity index (χ4n) is 1.78. The number of hydrogen-bond acceptors (Lipinski definition) is 4. The molecule has 0 bridgehead atoms. The Kier molecular flexibility index (Phi) is 3.51. The van der Waals surface area contributed by atoms with Gasteiger partial charge in [-0.15, -0.1) is 0 Å². The summed E-state index contributed by atoms with van der Waals surface area (Å²) in [4.78, 5) is 8.63. The molecular weight excluding hydrogens is 260 g/mol. The van der Waals surface area contributed by atoms with Gasteiger partial charge in [0.1, 0.15) is 5.82 Å². The van der Waals surface area contributed by atoms with E-state index in [2.05, 4.69) is 20.6 Å². The van der Waals surface area contributed by atoms with Gasteiger partial charge in [0.15, 0.2) is 0 Å². The number of halogens is 1. The third-order valence-corrected chi connectivity index (χ3v) is 3.35. The van der Waals surface area contributed by atoms with Crippen LogP contribution < -0.4 is 10.6 Å². The van der Waals surface area contributed by atoms with Gasteiger partial charge in [0.2, 0.25) is 5.95 Å². The molecule has 1 saturated carbocycles. The molecule has 1 heterocycles. The molecule has 0 spiro atoms. The third-order valence-electron chi connectivity index (χ3n) is 2.98. The van der Waals surface area contributed by atoms with E-state index in [4.69, 9.17) is 11.6 Å². The second-order valence-electron chi connectivity index (χ2n) is 4.63. The summed E-state index contributed by atoms with van der Waals surface area (Å²) < 4.78 is 0. The van der Waals surface area contributed by atoms with Crippen LogP contribution in [0.25, 0.3) is 0 Å². The van der Waals surface area contributed by atoms with Crippen molar-refractivity contribution in [2.24, 2.45) is 0 Å². The predicted octanol–water partition coefficient (Wildman–Crippen LogP) is 3.32. The summed E-state index contributed by atoms with van der Waals surface area (Å²) in [5.74, 6) is 1.49.